The molecule has 0 spiro atoms. The summed E-state index contributed by atoms with van der Waals surface area (Å²) in [6, 6.07) is 17.0. The topological polar surface area (TPSA) is 91.6 Å². The second-order valence-electron chi connectivity index (χ2n) is 7.42. The lowest BCUT2D eigenvalue weighted by Gasteiger charge is -2.16. The van der Waals surface area contributed by atoms with E-state index < -0.39 is 6.10 Å². The smallest absolute Gasteiger partial charge is 0.271 e. The lowest BCUT2D eigenvalue weighted by molar-refractivity contribution is -0.113. The predicted molar refractivity (Wildman–Crippen MR) is 128 cm³/mol. The zero-order chi connectivity index (χ0) is 22.9. The van der Waals surface area contributed by atoms with Gasteiger partial charge in [0, 0.05) is 6.04 Å². The molecule has 0 bridgehead atoms. The molecule has 1 atom stereocenters. The van der Waals surface area contributed by atoms with E-state index in [2.05, 4.69) is 4.99 Å². The molecule has 1 heterocycles. The Labute approximate surface area is 192 Å². The summed E-state index contributed by atoms with van der Waals surface area (Å²) in [7, 11) is 0. The molecule has 1 amide bonds. The number of thioether (sulfide) groups is 1. The number of anilines is 1. The lowest BCUT2D eigenvalue weighted by atomic mass is 10.2. The molecule has 1 aliphatic heterocycles. The zero-order valence-corrected chi connectivity index (χ0v) is 19.0. The van der Waals surface area contributed by atoms with Crippen LogP contribution in [0, 0.1) is 0 Å². The normalized spacial score (nSPS) is 17.5. The van der Waals surface area contributed by atoms with Gasteiger partial charge in [-0.2, -0.15) is 0 Å². The highest BCUT2D eigenvalue weighted by atomic mass is 32.2. The number of carbonyl (C=O) groups is 1. The Balaban J connectivity index is 1.65. The van der Waals surface area contributed by atoms with Crippen LogP contribution >= 0.6 is 11.8 Å². The number of aliphatic hydroxyl groups excluding tert-OH is 2. The number of amidine groups is 1. The summed E-state index contributed by atoms with van der Waals surface area (Å²) < 4.78 is 10.8. The van der Waals surface area contributed by atoms with E-state index in [1.54, 1.807) is 4.90 Å². The number of aliphatic imine (C=N–C) groups is 1. The molecular formula is C24H28N2O5S. The number of amides is 1. The van der Waals surface area contributed by atoms with Crippen molar-refractivity contribution in [3.8, 4) is 5.75 Å². The van der Waals surface area contributed by atoms with Crippen LogP contribution < -0.4 is 9.64 Å². The molecule has 2 aromatic rings. The highest BCUT2D eigenvalue weighted by Crippen LogP contribution is 2.36. The summed E-state index contributed by atoms with van der Waals surface area (Å²) >= 11 is 1.37. The third-order valence-electron chi connectivity index (χ3n) is 4.38. The molecule has 1 unspecified atom stereocenters. The Morgan fingerprint density at radius 1 is 1.09 bits per heavy atom. The van der Waals surface area contributed by atoms with Gasteiger partial charge in [-0.1, -0.05) is 30.3 Å². The van der Waals surface area contributed by atoms with Gasteiger partial charge in [0.25, 0.3) is 5.91 Å². The van der Waals surface area contributed by atoms with E-state index in [1.807, 2.05) is 74.5 Å². The third kappa shape index (κ3) is 6.67. The Bertz CT molecular complexity index is 945. The van der Waals surface area contributed by atoms with Crippen LogP contribution in [-0.4, -0.2) is 59.9 Å². The zero-order valence-electron chi connectivity index (χ0n) is 18.2. The van der Waals surface area contributed by atoms with Crippen LogP contribution in [0.25, 0.3) is 6.08 Å². The van der Waals surface area contributed by atoms with Crippen molar-refractivity contribution in [1.82, 2.24) is 0 Å². The van der Waals surface area contributed by atoms with Gasteiger partial charge in [0.05, 0.1) is 30.4 Å². The first-order chi connectivity index (χ1) is 15.5. The molecule has 3 rings (SSSR count). The molecule has 1 aliphatic rings. The maximum absolute atomic E-state index is 13.1. The second-order valence-corrected chi connectivity index (χ2v) is 8.43. The largest absolute Gasteiger partial charge is 0.491 e. The summed E-state index contributed by atoms with van der Waals surface area (Å²) in [5.74, 6) is 0.583. The van der Waals surface area contributed by atoms with Crippen molar-refractivity contribution in [2.24, 2.45) is 4.99 Å². The number of para-hydroxylation sites is 1. The van der Waals surface area contributed by atoms with Gasteiger partial charge in [-0.25, -0.2) is 0 Å². The molecular weight excluding hydrogens is 428 g/mol. The van der Waals surface area contributed by atoms with Gasteiger partial charge in [-0.3, -0.25) is 14.7 Å². The van der Waals surface area contributed by atoms with Crippen LogP contribution in [0.15, 0.2) is 64.5 Å². The van der Waals surface area contributed by atoms with Gasteiger partial charge in [0.15, 0.2) is 5.17 Å². The first-order valence-electron chi connectivity index (χ1n) is 10.4. The Morgan fingerprint density at radius 3 is 2.47 bits per heavy atom. The highest BCUT2D eigenvalue weighted by Gasteiger charge is 2.34. The number of ether oxygens (including phenoxy) is 2. The van der Waals surface area contributed by atoms with Crippen LogP contribution in [0.5, 0.6) is 5.75 Å². The number of benzene rings is 2. The average Bonchev–Trinajstić information content (AvgIpc) is 3.08. The van der Waals surface area contributed by atoms with E-state index in [9.17, 15) is 9.90 Å². The monoisotopic (exact) mass is 456 g/mol. The number of aliphatic hydroxyl groups is 2. The minimum atomic E-state index is -0.873. The minimum absolute atomic E-state index is 0.0696. The van der Waals surface area contributed by atoms with E-state index >= 15 is 0 Å². The Hall–Kier alpha value is -2.65. The first-order valence-corrected chi connectivity index (χ1v) is 11.3. The Morgan fingerprint density at radius 2 is 1.81 bits per heavy atom. The van der Waals surface area contributed by atoms with Crippen LogP contribution in [0.2, 0.25) is 0 Å². The average molecular weight is 457 g/mol. The van der Waals surface area contributed by atoms with Crippen LogP contribution in [-0.2, 0) is 9.53 Å². The Kier molecular flexibility index (Phi) is 8.87. The summed E-state index contributed by atoms with van der Waals surface area (Å²) in [5, 5.41) is 18.6. The summed E-state index contributed by atoms with van der Waals surface area (Å²) in [6.45, 7) is 4.35. The molecule has 7 nitrogen and oxygen atoms in total. The molecule has 0 saturated carbocycles. The SMILES string of the molecule is CC(C)/N=C1\S/C(=C\c2ccc(OCCOCC(O)CO)cc2)C(=O)N1c1ccccc1. The molecule has 2 N–H and O–H groups in total. The van der Waals surface area contributed by atoms with Crippen molar-refractivity contribution >= 4 is 34.6 Å². The molecule has 1 saturated heterocycles. The molecule has 1 fully saturated rings. The van der Waals surface area contributed by atoms with E-state index in [0.29, 0.717) is 29.0 Å². The lowest BCUT2D eigenvalue weighted by Crippen LogP contribution is -2.29. The first kappa shape index (κ1) is 24.0. The molecule has 0 aromatic heterocycles. The van der Waals surface area contributed by atoms with E-state index in [1.165, 1.54) is 11.8 Å². The molecule has 2 aromatic carbocycles. The summed E-state index contributed by atoms with van der Waals surface area (Å²) in [6.07, 6.45) is 0.983. The number of carbonyl (C=O) groups excluding carboxylic acids is 1. The fourth-order valence-corrected chi connectivity index (χ4v) is 4.00. The van der Waals surface area contributed by atoms with Crippen LogP contribution in [0.4, 0.5) is 5.69 Å². The minimum Gasteiger partial charge on any atom is -0.491 e. The van der Waals surface area contributed by atoms with Gasteiger partial charge in [0.1, 0.15) is 18.5 Å². The molecule has 170 valence electrons. The fourth-order valence-electron chi connectivity index (χ4n) is 2.89. The van der Waals surface area contributed by atoms with E-state index in [4.69, 9.17) is 14.6 Å². The van der Waals surface area contributed by atoms with E-state index in [-0.39, 0.29) is 25.2 Å². The van der Waals surface area contributed by atoms with Crippen molar-refractivity contribution in [3.05, 3.63) is 65.1 Å². The van der Waals surface area contributed by atoms with Crippen molar-refractivity contribution in [2.75, 3.05) is 31.3 Å². The summed E-state index contributed by atoms with van der Waals surface area (Å²) in [5.41, 5.74) is 1.68. The number of hydrogen-bond acceptors (Lipinski definition) is 7. The fraction of sp³-hybridized carbons (Fsp3) is 0.333. The van der Waals surface area contributed by atoms with Gasteiger partial charge < -0.3 is 19.7 Å². The van der Waals surface area contributed by atoms with Gasteiger partial charge >= 0.3 is 0 Å². The van der Waals surface area contributed by atoms with Crippen LogP contribution in [0.1, 0.15) is 19.4 Å². The van der Waals surface area contributed by atoms with Gasteiger partial charge in [0.2, 0.25) is 0 Å². The van der Waals surface area contributed by atoms with Crippen molar-refractivity contribution in [1.29, 1.82) is 0 Å². The predicted octanol–water partition coefficient (Wildman–Crippen LogP) is 3.32. The molecule has 8 heteroatoms. The second kappa shape index (κ2) is 11.8. The standard InChI is InChI=1S/C24H28N2O5S/c1-17(2)25-24-26(19-6-4-3-5-7-19)23(29)22(32-24)14-18-8-10-21(11-9-18)31-13-12-30-16-20(28)15-27/h3-11,14,17,20,27-28H,12-13,15-16H2,1-2H3/b22-14-,25-24-. The number of hydrogen-bond donors (Lipinski definition) is 2. The third-order valence-corrected chi connectivity index (χ3v) is 5.37. The van der Waals surface area contributed by atoms with Gasteiger partial charge in [-0.05, 0) is 61.5 Å². The number of rotatable bonds is 10. The highest BCUT2D eigenvalue weighted by molar-refractivity contribution is 8.19. The van der Waals surface area contributed by atoms with E-state index in [0.717, 1.165) is 11.3 Å². The maximum Gasteiger partial charge on any atom is 0.271 e. The summed E-state index contributed by atoms with van der Waals surface area (Å²) in [4.78, 5) is 20.0. The maximum atomic E-state index is 13.1. The van der Waals surface area contributed by atoms with Crippen molar-refractivity contribution in [3.63, 3.8) is 0 Å². The molecule has 0 aliphatic carbocycles. The molecule has 0 radical (unpaired) electrons. The van der Waals surface area contributed by atoms with Crippen molar-refractivity contribution in [2.45, 2.75) is 26.0 Å². The number of nitrogens with zero attached hydrogens (tertiary/aromatic N) is 2. The van der Waals surface area contributed by atoms with Crippen molar-refractivity contribution < 1.29 is 24.5 Å². The van der Waals surface area contributed by atoms with Gasteiger partial charge in [-0.15, -0.1) is 0 Å². The van der Waals surface area contributed by atoms with Crippen LogP contribution in [0.3, 0.4) is 0 Å². The molecule has 32 heavy (non-hydrogen) atoms. The quantitative estimate of drug-likeness (QED) is 0.421.